The number of phenolic OH excluding ortho intramolecular Hbond substituents is 14. The number of aromatic hydroxyl groups is 14. The third-order valence-electron chi connectivity index (χ3n) is 25.8. The number of unbranched alkanes of at least 4 members (excludes halogenated alkanes) is 23. The molecular weight excluding hydrogens is 1700 g/mol. The summed E-state index contributed by atoms with van der Waals surface area (Å²) < 4.78 is 25.3. The molecule has 0 aliphatic rings. The van der Waals surface area contributed by atoms with Crippen molar-refractivity contribution < 1.29 is 114 Å². The van der Waals surface area contributed by atoms with Gasteiger partial charge in [0, 0.05) is 50.4 Å². The summed E-state index contributed by atoms with van der Waals surface area (Å²) in [5.74, 6) is 4.47. The first kappa shape index (κ1) is 127. The molecule has 0 aromatic heterocycles. The van der Waals surface area contributed by atoms with Gasteiger partial charge in [-0.1, -0.05) is 340 Å². The van der Waals surface area contributed by atoms with Crippen molar-refractivity contribution in [2.24, 2.45) is 0 Å². The van der Waals surface area contributed by atoms with Crippen LogP contribution in [0.2, 0.25) is 0 Å². The molecule has 0 spiro atoms. The van der Waals surface area contributed by atoms with Gasteiger partial charge in [0.25, 0.3) is 0 Å². The molecule has 0 amide bonds. The molecule has 750 valence electrons. The van der Waals surface area contributed by atoms with Crippen molar-refractivity contribution in [2.45, 2.75) is 468 Å². The molecular formula is C114H185NaO17S. The van der Waals surface area contributed by atoms with E-state index in [0.29, 0.717) is 34.5 Å². The smallest absolute Gasteiger partial charge is 0.565 e. The third-order valence-corrected chi connectivity index (χ3v) is 25.8. The molecule has 0 bridgehead atoms. The van der Waals surface area contributed by atoms with E-state index in [4.69, 9.17) is 12.6 Å². The van der Waals surface area contributed by atoms with Crippen LogP contribution in [-0.2, 0) is 69.8 Å². The molecule has 7 aromatic carbocycles. The van der Waals surface area contributed by atoms with Gasteiger partial charge in [-0.2, -0.15) is 0 Å². The Morgan fingerprint density at radius 2 is 0.489 bits per heavy atom. The van der Waals surface area contributed by atoms with E-state index in [0.717, 1.165) is 195 Å². The minimum absolute atomic E-state index is 0. The van der Waals surface area contributed by atoms with E-state index in [1.54, 1.807) is 78.9 Å². The largest absolute Gasteiger partial charge is 1.00 e. The maximum atomic E-state index is 10.6. The molecule has 0 saturated carbocycles. The van der Waals surface area contributed by atoms with Crippen LogP contribution in [-0.4, -0.2) is 84.1 Å². The first-order valence-electron chi connectivity index (χ1n) is 50.5. The Hall–Kier alpha value is -7.64. The second-order valence-corrected chi connectivity index (χ2v) is 40.6. The number of benzene rings is 7. The van der Waals surface area contributed by atoms with Crippen LogP contribution >= 0.6 is 0 Å². The van der Waals surface area contributed by atoms with Crippen molar-refractivity contribution in [1.29, 1.82) is 0 Å². The van der Waals surface area contributed by atoms with Gasteiger partial charge in [-0.15, -0.1) is 36.4 Å². The predicted molar refractivity (Wildman–Crippen MR) is 552 cm³/mol. The summed E-state index contributed by atoms with van der Waals surface area (Å²) in [5.41, 5.74) is 9.55. The summed E-state index contributed by atoms with van der Waals surface area (Å²) in [7, 11) is -3.11. The van der Waals surface area contributed by atoms with Crippen LogP contribution in [0, 0.1) is 6.07 Å². The molecule has 0 aliphatic carbocycles. The van der Waals surface area contributed by atoms with E-state index in [1.807, 2.05) is 27.7 Å². The summed E-state index contributed by atoms with van der Waals surface area (Å²) >= 11 is 0. The number of hydrogen-bond acceptors (Lipinski definition) is 17. The second kappa shape index (κ2) is 68.4. The van der Waals surface area contributed by atoms with Crippen molar-refractivity contribution >= 4 is 10.6 Å². The van der Waals surface area contributed by atoms with Crippen LogP contribution in [0.25, 0.3) is 0 Å². The van der Waals surface area contributed by atoms with Crippen molar-refractivity contribution in [2.75, 3.05) is 0 Å². The van der Waals surface area contributed by atoms with Crippen LogP contribution in [0.5, 0.6) is 80.5 Å². The Morgan fingerprint density at radius 1 is 0.256 bits per heavy atom. The summed E-state index contributed by atoms with van der Waals surface area (Å²) in [4.78, 5) is 0. The number of rotatable bonds is 48. The van der Waals surface area contributed by atoms with E-state index in [-0.39, 0.29) is 114 Å². The number of phenols is 14. The Bertz CT molecular complexity index is 4240. The fourth-order valence-corrected chi connectivity index (χ4v) is 16.0. The Labute approximate surface area is 831 Å². The second-order valence-electron chi connectivity index (χ2n) is 40.2. The first-order chi connectivity index (χ1) is 62.0. The van der Waals surface area contributed by atoms with Crippen LogP contribution in [0.3, 0.4) is 0 Å². The van der Waals surface area contributed by atoms with Gasteiger partial charge in [-0.05, 0) is 230 Å². The SMILES string of the molecule is CC(C)c1cc(O)c(C(C)C)cc1O.CCC(C)(C)c1cc(O)c(C(C)(C)CC)cc1O.CCCCCC(C)(C)c1cc(O)c(C(C)(C)CCCCC)cc1O.CCCCCC(C)(C)c1cc(O)ccc1O.CCCCCCCCc1cc(O)[c-]cc1O.CCCCCCCCc1cc(O)c(CCCCCCCC)cc1O.CCCCc1cc(O)c(CCCC)cc1O.O=S(=O)=O.[Na+]. The maximum Gasteiger partial charge on any atom is 1.00 e. The minimum atomic E-state index is -3.11. The van der Waals surface area contributed by atoms with Crippen molar-refractivity contribution in [3.8, 4) is 80.5 Å². The zero-order valence-corrected chi connectivity index (χ0v) is 90.5. The maximum absolute atomic E-state index is 10.6. The van der Waals surface area contributed by atoms with Gasteiger partial charge >= 0.3 is 40.2 Å². The molecule has 0 fully saturated rings. The zero-order chi connectivity index (χ0) is 101. The normalized spacial score (nSPS) is 11.3. The van der Waals surface area contributed by atoms with Gasteiger partial charge in [-0.3, -0.25) is 0 Å². The quantitative estimate of drug-likeness (QED) is 0.00729. The molecule has 0 saturated heterocycles. The van der Waals surface area contributed by atoms with Crippen LogP contribution in [0.1, 0.15) is 476 Å². The molecule has 133 heavy (non-hydrogen) atoms. The van der Waals surface area contributed by atoms with Crippen LogP contribution < -0.4 is 29.6 Å². The van der Waals surface area contributed by atoms with Gasteiger partial charge in [0.05, 0.1) is 0 Å². The summed E-state index contributed by atoms with van der Waals surface area (Å²) in [6.45, 7) is 50.8. The summed E-state index contributed by atoms with van der Waals surface area (Å²) in [5, 5.41) is 139. The number of aryl methyl sites for hydroxylation is 5. The average Bonchev–Trinajstić information content (AvgIpc) is 0.787. The van der Waals surface area contributed by atoms with Gasteiger partial charge < -0.3 is 71.5 Å². The molecule has 17 nitrogen and oxygen atoms in total. The molecule has 7 aromatic rings. The Morgan fingerprint density at radius 3 is 0.752 bits per heavy atom. The van der Waals surface area contributed by atoms with Crippen LogP contribution in [0.4, 0.5) is 0 Å². The monoisotopic (exact) mass is 1880 g/mol. The fraction of sp³-hybridized carbons (Fsp3) is 0.632. The zero-order valence-electron chi connectivity index (χ0n) is 87.7. The third kappa shape index (κ3) is 50.3. The Kier molecular flexibility index (Phi) is 65.5. The van der Waals surface area contributed by atoms with Crippen molar-refractivity contribution in [3.05, 3.63) is 164 Å². The van der Waals surface area contributed by atoms with E-state index in [9.17, 15) is 71.5 Å². The predicted octanol–water partition coefficient (Wildman–Crippen LogP) is 29.1. The van der Waals surface area contributed by atoms with Gasteiger partial charge in [0.1, 0.15) is 69.0 Å². The van der Waals surface area contributed by atoms with Crippen molar-refractivity contribution in [3.63, 3.8) is 0 Å². The molecule has 0 atom stereocenters. The summed E-state index contributed by atoms with van der Waals surface area (Å²) in [6.07, 6.45) is 46.4. The van der Waals surface area contributed by atoms with E-state index >= 15 is 0 Å². The molecule has 0 heterocycles. The van der Waals surface area contributed by atoms with E-state index < -0.39 is 10.6 Å². The molecule has 14 N–H and O–H groups in total. The van der Waals surface area contributed by atoms with Gasteiger partial charge in [0.15, 0.2) is 0 Å². The molecule has 0 unspecified atom stereocenters. The Balaban J connectivity index is 0. The fourth-order valence-electron chi connectivity index (χ4n) is 16.0. The molecule has 19 heteroatoms. The molecule has 0 aliphatic heterocycles. The molecule has 7 rings (SSSR count). The average molecular weight is 1880 g/mol. The summed E-state index contributed by atoms with van der Waals surface area (Å²) in [6, 6.07) is 27.7. The first-order valence-corrected chi connectivity index (χ1v) is 51.5. The standard InChI is InChI=1S/2C22H38O2.C16H26O2.2C14H22O2.C14H21O2.C12H18O2.Na.O3S/c1-7-9-11-13-21(3,4)17-15-20(24)18(16-19(17)23)22(5,6)14-12-10-8-2;1-3-5-7-9-11-13-15-19-17-22(24)20(18-21(19)23)16-14-12-10-8-6-4-2;1-7-15(3,4)11-9-14(18)12(10-13(11)17)16(5,6)8-2;1-4-5-6-9-14(2,3)12-10-11(15)7-8-13(12)16;1-3-5-7-11-9-14(16)12(8-6-4-2)10-13(11)15;1-2-3-4-5-6-7-8-12-11-13(15)9-10-14(12)16;1-7(2)9-5-12(14)10(8(3)4)6-11(9)13;;1-4(2)3/h15-16,23-24H,7-14H2,1-6H3;17-18,23-24H,3-16H2,1-2H3;9-10,17-18H,7-8H2,1-6H3;7-8,10,15-16H,4-6,9H2,1-3H3;9-10,15-16H,3-8H2,1-2H3;10-11,15-16H,2-8H2,1H3;5-8,13-14H,1-4H3;;/q;;;;;-1;;+1;. The van der Waals surface area contributed by atoms with Gasteiger partial charge in [0.2, 0.25) is 0 Å². The van der Waals surface area contributed by atoms with E-state index in [1.165, 1.54) is 147 Å². The van der Waals surface area contributed by atoms with E-state index in [2.05, 4.69) is 145 Å². The topological polar surface area (TPSA) is 334 Å². The minimum Gasteiger partial charge on any atom is -0.565 e. The number of hydrogen-bond donors (Lipinski definition) is 14. The van der Waals surface area contributed by atoms with Gasteiger partial charge in [-0.25, -0.2) is 0 Å². The van der Waals surface area contributed by atoms with Crippen molar-refractivity contribution in [1.82, 2.24) is 0 Å². The molecule has 0 radical (unpaired) electrons. The van der Waals surface area contributed by atoms with Crippen LogP contribution in [0.15, 0.2) is 91.0 Å².